The zero-order valence-corrected chi connectivity index (χ0v) is 20.2. The number of pyridine rings is 1. The Balaban J connectivity index is 1.35. The van der Waals surface area contributed by atoms with E-state index in [4.69, 9.17) is 4.74 Å². The zero-order valence-electron chi connectivity index (χ0n) is 20.2. The lowest BCUT2D eigenvalue weighted by molar-refractivity contribution is 0.0481. The van der Waals surface area contributed by atoms with Gasteiger partial charge in [0, 0.05) is 42.6 Å². The van der Waals surface area contributed by atoms with Crippen LogP contribution in [0.15, 0.2) is 85.1 Å². The van der Waals surface area contributed by atoms with Crippen LogP contribution in [0.25, 0.3) is 11.3 Å². The van der Waals surface area contributed by atoms with E-state index in [1.807, 2.05) is 60.7 Å². The van der Waals surface area contributed by atoms with Crippen LogP contribution in [0.2, 0.25) is 0 Å². The molecule has 0 saturated carbocycles. The van der Waals surface area contributed by atoms with Gasteiger partial charge in [0.2, 0.25) is 0 Å². The summed E-state index contributed by atoms with van der Waals surface area (Å²) in [4.78, 5) is 20.6. The molecule has 1 saturated heterocycles. The van der Waals surface area contributed by atoms with Crippen molar-refractivity contribution in [1.29, 1.82) is 0 Å². The minimum absolute atomic E-state index is 0.0546. The molecule has 3 aromatic carbocycles. The maximum absolute atomic E-state index is 14.0. The predicted octanol–water partition coefficient (Wildman–Crippen LogP) is 5.68. The monoisotopic (exact) mass is 497 g/mol. The molecule has 186 valence electrons. The molecule has 2 aliphatic heterocycles. The van der Waals surface area contributed by atoms with Gasteiger partial charge in [0.1, 0.15) is 5.75 Å². The van der Waals surface area contributed by atoms with Crippen LogP contribution in [-0.2, 0) is 6.54 Å². The van der Waals surface area contributed by atoms with E-state index in [9.17, 15) is 13.6 Å². The Morgan fingerprint density at radius 1 is 1.00 bits per heavy atom. The number of likely N-dealkylation sites (tertiary alicyclic amines) is 1. The third-order valence-electron chi connectivity index (χ3n) is 7.29. The number of nitrogens with zero attached hydrogens (tertiary/aromatic N) is 2. The summed E-state index contributed by atoms with van der Waals surface area (Å²) in [6.07, 6.45) is 1.75. The van der Waals surface area contributed by atoms with E-state index in [2.05, 4.69) is 15.2 Å². The molecule has 2 aliphatic rings. The molecule has 4 aromatic rings. The normalized spacial score (nSPS) is 18.1. The van der Waals surface area contributed by atoms with Crippen molar-refractivity contribution in [2.75, 3.05) is 25.5 Å². The van der Waals surface area contributed by atoms with Gasteiger partial charge < -0.3 is 10.1 Å². The van der Waals surface area contributed by atoms with Crippen molar-refractivity contribution < 1.29 is 18.3 Å². The molecule has 1 fully saturated rings. The van der Waals surface area contributed by atoms with Crippen molar-refractivity contribution in [3.05, 3.63) is 113 Å². The number of ketones is 1. The highest BCUT2D eigenvalue weighted by Gasteiger charge is 2.55. The second-order valence-electron chi connectivity index (χ2n) is 9.72. The van der Waals surface area contributed by atoms with Crippen molar-refractivity contribution in [2.24, 2.45) is 0 Å². The number of rotatable bonds is 5. The van der Waals surface area contributed by atoms with Gasteiger partial charge in [0.25, 0.3) is 0 Å². The second kappa shape index (κ2) is 9.09. The predicted molar refractivity (Wildman–Crippen MR) is 138 cm³/mol. The summed E-state index contributed by atoms with van der Waals surface area (Å²) >= 11 is 0. The summed E-state index contributed by atoms with van der Waals surface area (Å²) in [7, 11) is 1.61. The summed E-state index contributed by atoms with van der Waals surface area (Å²) in [6, 6.07) is 23.1. The molecule has 37 heavy (non-hydrogen) atoms. The lowest BCUT2D eigenvalue weighted by atomic mass is 9.67. The number of carbonyl (C=O) groups excluding carboxylic acids is 1. The Hall–Kier alpha value is -4.10. The molecule has 5 nitrogen and oxygen atoms in total. The molecule has 1 aromatic heterocycles. The van der Waals surface area contributed by atoms with Gasteiger partial charge in [0.05, 0.1) is 24.3 Å². The molecule has 0 radical (unpaired) electrons. The van der Waals surface area contributed by atoms with Crippen LogP contribution < -0.4 is 10.1 Å². The Kier molecular flexibility index (Phi) is 5.72. The Morgan fingerprint density at radius 3 is 2.51 bits per heavy atom. The molecule has 7 heteroatoms. The first-order valence-electron chi connectivity index (χ1n) is 12.1. The number of fused-ring (bicyclic) bond motifs is 1. The van der Waals surface area contributed by atoms with Gasteiger partial charge in [-0.05, 0) is 59.7 Å². The number of nitrogens with one attached hydrogen (secondary N) is 1. The molecule has 1 atom stereocenters. The first-order chi connectivity index (χ1) is 18.0. The maximum atomic E-state index is 14.0. The number of aromatic nitrogens is 1. The molecule has 0 aliphatic carbocycles. The Morgan fingerprint density at radius 2 is 1.81 bits per heavy atom. The van der Waals surface area contributed by atoms with Crippen molar-refractivity contribution in [2.45, 2.75) is 18.0 Å². The van der Waals surface area contributed by atoms with Gasteiger partial charge in [-0.15, -0.1) is 0 Å². The molecular formula is C30H25F2N3O2. The van der Waals surface area contributed by atoms with Crippen molar-refractivity contribution >= 4 is 11.5 Å². The molecule has 1 N–H and O–H groups in total. The van der Waals surface area contributed by atoms with Crippen molar-refractivity contribution in [3.63, 3.8) is 0 Å². The number of methoxy groups -OCH3 is 1. The fourth-order valence-electron chi connectivity index (χ4n) is 5.59. The highest BCUT2D eigenvalue weighted by molar-refractivity contribution is 6.09. The number of hydrogen-bond donors (Lipinski definition) is 1. The van der Waals surface area contributed by atoms with E-state index in [1.54, 1.807) is 19.4 Å². The molecular weight excluding hydrogens is 472 g/mol. The fourth-order valence-corrected chi connectivity index (χ4v) is 5.59. The van der Waals surface area contributed by atoms with Crippen LogP contribution in [0.3, 0.4) is 0 Å². The van der Waals surface area contributed by atoms with Gasteiger partial charge in [-0.1, -0.05) is 30.3 Å². The topological polar surface area (TPSA) is 54.5 Å². The van der Waals surface area contributed by atoms with Gasteiger partial charge >= 0.3 is 0 Å². The van der Waals surface area contributed by atoms with Crippen molar-refractivity contribution in [3.8, 4) is 17.0 Å². The smallest absolute Gasteiger partial charge is 0.174 e. The minimum atomic E-state index is -0.858. The first-order valence-corrected chi connectivity index (χ1v) is 12.1. The van der Waals surface area contributed by atoms with E-state index >= 15 is 0 Å². The first kappa shape index (κ1) is 23.3. The number of ether oxygens (including phenoxy) is 1. The van der Waals surface area contributed by atoms with E-state index < -0.39 is 23.1 Å². The standard InChI is InChI=1S/C30H25F2N3O2/c1-37-22-9-6-20(7-10-22)28-29(36)23-11-8-21(26-4-2-3-13-33-26)15-27(23)34-30(28)17-35(18-30)16-19-5-12-24(31)25(32)14-19/h2-15,28,34H,16-18H2,1H3. The lowest BCUT2D eigenvalue weighted by Crippen LogP contribution is -2.70. The van der Waals surface area contributed by atoms with Gasteiger partial charge in [0.15, 0.2) is 17.4 Å². The number of anilines is 1. The largest absolute Gasteiger partial charge is 0.497 e. The van der Waals surface area contributed by atoms with Crippen molar-refractivity contribution in [1.82, 2.24) is 9.88 Å². The Labute approximate surface area is 213 Å². The molecule has 0 amide bonds. The molecule has 0 bridgehead atoms. The van der Waals surface area contributed by atoms with E-state index in [1.165, 1.54) is 6.07 Å². The van der Waals surface area contributed by atoms with E-state index in [0.29, 0.717) is 30.8 Å². The summed E-state index contributed by atoms with van der Waals surface area (Å²) < 4.78 is 32.5. The van der Waals surface area contributed by atoms with Crippen LogP contribution in [0.1, 0.15) is 27.4 Å². The maximum Gasteiger partial charge on any atom is 0.174 e. The van der Waals surface area contributed by atoms with E-state index in [-0.39, 0.29) is 5.78 Å². The number of halogens is 2. The van der Waals surface area contributed by atoms with Crippen LogP contribution in [-0.4, -0.2) is 41.4 Å². The summed E-state index contributed by atoms with van der Waals surface area (Å²) in [5.41, 5.74) is 4.24. The third-order valence-corrected chi connectivity index (χ3v) is 7.29. The molecule has 1 unspecified atom stereocenters. The van der Waals surface area contributed by atoms with Gasteiger partial charge in [-0.25, -0.2) is 8.78 Å². The number of benzene rings is 3. The number of hydrogen-bond acceptors (Lipinski definition) is 5. The molecule has 1 spiro atoms. The third kappa shape index (κ3) is 4.15. The van der Waals surface area contributed by atoms with Crippen LogP contribution in [0, 0.1) is 11.6 Å². The van der Waals surface area contributed by atoms with Gasteiger partial charge in [-0.3, -0.25) is 14.7 Å². The van der Waals surface area contributed by atoms with E-state index in [0.717, 1.165) is 34.3 Å². The van der Waals surface area contributed by atoms with Crippen LogP contribution in [0.4, 0.5) is 14.5 Å². The number of carbonyl (C=O) groups is 1. The summed E-state index contributed by atoms with van der Waals surface area (Å²) in [6.45, 7) is 1.61. The SMILES string of the molecule is COc1ccc(C2C(=O)c3ccc(-c4ccccn4)cc3NC23CN(Cc2ccc(F)c(F)c2)C3)cc1. The fraction of sp³-hybridized carbons (Fsp3) is 0.200. The quantitative estimate of drug-likeness (QED) is 0.384. The minimum Gasteiger partial charge on any atom is -0.497 e. The average Bonchev–Trinajstić information content (AvgIpc) is 2.90. The highest BCUT2D eigenvalue weighted by atomic mass is 19.2. The Bertz CT molecular complexity index is 1470. The summed E-state index contributed by atoms with van der Waals surface area (Å²) in [5.74, 6) is -1.34. The highest BCUT2D eigenvalue weighted by Crippen LogP contribution is 2.47. The lowest BCUT2D eigenvalue weighted by Gasteiger charge is -2.56. The molecule has 6 rings (SSSR count). The molecule has 3 heterocycles. The summed E-state index contributed by atoms with van der Waals surface area (Å²) in [5, 5.41) is 3.71. The number of Topliss-reactive ketones (excluding diaryl/α,β-unsaturated/α-hetero) is 1. The van der Waals surface area contributed by atoms with Gasteiger partial charge in [-0.2, -0.15) is 0 Å². The average molecular weight is 498 g/mol. The van der Waals surface area contributed by atoms with Crippen LogP contribution in [0.5, 0.6) is 5.75 Å². The zero-order chi connectivity index (χ0) is 25.6. The van der Waals surface area contributed by atoms with Crippen LogP contribution >= 0.6 is 0 Å². The second-order valence-corrected chi connectivity index (χ2v) is 9.72.